The monoisotopic (exact) mass is 304 g/mol. The molecular formula is C20H32O2. The Labute approximate surface area is 135 Å². The van der Waals surface area contributed by atoms with Crippen molar-refractivity contribution in [3.63, 3.8) is 0 Å². The van der Waals surface area contributed by atoms with Crippen molar-refractivity contribution in [3.8, 4) is 0 Å². The van der Waals surface area contributed by atoms with E-state index in [-0.39, 0.29) is 17.6 Å². The van der Waals surface area contributed by atoms with Gasteiger partial charge in [-0.2, -0.15) is 0 Å². The smallest absolute Gasteiger partial charge is 0.0785 e. The van der Waals surface area contributed by atoms with Crippen LogP contribution < -0.4 is 0 Å². The lowest BCUT2D eigenvalue weighted by molar-refractivity contribution is -0.125. The topological polar surface area (TPSA) is 29.5 Å². The summed E-state index contributed by atoms with van der Waals surface area (Å²) in [4.78, 5) is 0. The average Bonchev–Trinajstić information content (AvgIpc) is 2.85. The van der Waals surface area contributed by atoms with Gasteiger partial charge in [-0.25, -0.2) is 0 Å². The summed E-state index contributed by atoms with van der Waals surface area (Å²) >= 11 is 0. The number of aliphatic hydroxyl groups excluding tert-OH is 1. The molecule has 3 aliphatic rings. The normalized spacial score (nSPS) is 44.5. The zero-order valence-electron chi connectivity index (χ0n) is 14.8. The molecule has 2 aliphatic heterocycles. The summed E-state index contributed by atoms with van der Waals surface area (Å²) < 4.78 is 6.54. The minimum absolute atomic E-state index is 0.112. The van der Waals surface area contributed by atoms with Gasteiger partial charge in [0.1, 0.15) is 0 Å². The molecule has 0 aromatic carbocycles. The van der Waals surface area contributed by atoms with Gasteiger partial charge in [-0.3, -0.25) is 0 Å². The van der Waals surface area contributed by atoms with Crippen LogP contribution in [0.2, 0.25) is 0 Å². The first-order chi connectivity index (χ1) is 10.3. The van der Waals surface area contributed by atoms with Gasteiger partial charge in [-0.15, -0.1) is 0 Å². The Morgan fingerprint density at radius 2 is 2.23 bits per heavy atom. The lowest BCUT2D eigenvalue weighted by Crippen LogP contribution is -2.42. The predicted octanol–water partition coefficient (Wildman–Crippen LogP) is 4.49. The van der Waals surface area contributed by atoms with E-state index in [4.69, 9.17) is 4.74 Å². The second-order valence-electron chi connectivity index (χ2n) is 8.39. The van der Waals surface area contributed by atoms with Crippen molar-refractivity contribution in [2.24, 2.45) is 23.7 Å². The van der Waals surface area contributed by atoms with Crippen LogP contribution in [0.3, 0.4) is 0 Å². The highest BCUT2D eigenvalue weighted by Crippen LogP contribution is 2.58. The number of aliphatic hydroxyl groups is 1. The van der Waals surface area contributed by atoms with Crippen molar-refractivity contribution in [1.82, 2.24) is 0 Å². The van der Waals surface area contributed by atoms with Gasteiger partial charge in [0.15, 0.2) is 0 Å². The summed E-state index contributed by atoms with van der Waals surface area (Å²) in [6, 6.07) is 0. The maximum Gasteiger partial charge on any atom is 0.0785 e. The minimum atomic E-state index is -0.306. The summed E-state index contributed by atoms with van der Waals surface area (Å²) in [5.41, 5.74) is 2.66. The second-order valence-corrected chi connectivity index (χ2v) is 8.39. The molecule has 0 spiro atoms. The maximum atomic E-state index is 10.4. The molecule has 1 N–H and O–H groups in total. The van der Waals surface area contributed by atoms with E-state index in [9.17, 15) is 5.11 Å². The SMILES string of the molecule is CC(C)=CCCC(C)[C@@H]1CC[C@@]2(C)OC1[C@@H]1C(C)=C[C@@H](O)[C@H]12. The molecule has 2 nitrogen and oxygen atoms in total. The Morgan fingerprint density at radius 3 is 2.91 bits per heavy atom. The van der Waals surface area contributed by atoms with Crippen molar-refractivity contribution in [2.45, 2.75) is 78.1 Å². The first kappa shape index (κ1) is 16.3. The fourth-order valence-corrected chi connectivity index (χ4v) is 5.30. The minimum Gasteiger partial charge on any atom is -0.389 e. The van der Waals surface area contributed by atoms with Crippen LogP contribution in [0.5, 0.6) is 0 Å². The van der Waals surface area contributed by atoms with Gasteiger partial charge in [-0.1, -0.05) is 30.2 Å². The molecule has 2 bridgehead atoms. The van der Waals surface area contributed by atoms with Crippen molar-refractivity contribution >= 4 is 0 Å². The lowest BCUT2D eigenvalue weighted by atomic mass is 9.77. The van der Waals surface area contributed by atoms with E-state index in [0.717, 1.165) is 6.42 Å². The number of hydrogen-bond acceptors (Lipinski definition) is 2. The van der Waals surface area contributed by atoms with E-state index < -0.39 is 0 Å². The summed E-state index contributed by atoms with van der Waals surface area (Å²) in [5.74, 6) is 2.06. The summed E-state index contributed by atoms with van der Waals surface area (Å²) in [6.07, 6.45) is 9.22. The van der Waals surface area contributed by atoms with Crippen LogP contribution in [-0.4, -0.2) is 22.9 Å². The quantitative estimate of drug-likeness (QED) is 0.775. The third-order valence-corrected chi connectivity index (χ3v) is 6.48. The Hall–Kier alpha value is -0.600. The third-order valence-electron chi connectivity index (χ3n) is 6.48. The van der Waals surface area contributed by atoms with Gasteiger partial charge >= 0.3 is 0 Å². The molecule has 22 heavy (non-hydrogen) atoms. The van der Waals surface area contributed by atoms with Crippen LogP contribution in [0, 0.1) is 23.7 Å². The molecule has 2 unspecified atom stereocenters. The van der Waals surface area contributed by atoms with Crippen molar-refractivity contribution in [1.29, 1.82) is 0 Å². The van der Waals surface area contributed by atoms with Crippen LogP contribution in [-0.2, 0) is 4.74 Å². The zero-order chi connectivity index (χ0) is 16.1. The molecule has 0 amide bonds. The zero-order valence-corrected chi connectivity index (χ0v) is 14.8. The first-order valence-corrected chi connectivity index (χ1v) is 9.01. The predicted molar refractivity (Wildman–Crippen MR) is 90.6 cm³/mol. The summed E-state index contributed by atoms with van der Waals surface area (Å²) in [6.45, 7) is 11.2. The Morgan fingerprint density at radius 1 is 1.50 bits per heavy atom. The van der Waals surface area contributed by atoms with Crippen molar-refractivity contribution in [2.75, 3.05) is 0 Å². The molecule has 0 saturated carbocycles. The summed E-state index contributed by atoms with van der Waals surface area (Å²) in [5, 5.41) is 10.4. The second kappa shape index (κ2) is 5.79. The standard InChI is InChI=1S/C20H32O2/c1-12(2)7-6-8-13(3)15-9-10-20(5)18-16(21)11-14(4)17(18)19(15)22-20/h7,11,13,15-19,21H,6,8-10H2,1-5H3/t13?,15-,16+,17+,18+,19?,20+/m0/s1. The van der Waals surface area contributed by atoms with E-state index in [0.29, 0.717) is 23.9 Å². The summed E-state index contributed by atoms with van der Waals surface area (Å²) in [7, 11) is 0. The first-order valence-electron chi connectivity index (χ1n) is 9.01. The van der Waals surface area contributed by atoms with Gasteiger partial charge in [-0.05, 0) is 65.2 Å². The molecule has 2 saturated heterocycles. The number of hydrogen-bond donors (Lipinski definition) is 1. The van der Waals surface area contributed by atoms with Gasteiger partial charge in [0.2, 0.25) is 0 Å². The molecule has 2 heteroatoms. The molecule has 2 heterocycles. The fourth-order valence-electron chi connectivity index (χ4n) is 5.30. The van der Waals surface area contributed by atoms with Gasteiger partial charge in [0.25, 0.3) is 0 Å². The molecule has 124 valence electrons. The molecule has 2 fully saturated rings. The highest BCUT2D eigenvalue weighted by atomic mass is 16.5. The van der Waals surface area contributed by atoms with Crippen LogP contribution in [0.25, 0.3) is 0 Å². The van der Waals surface area contributed by atoms with E-state index in [1.807, 2.05) is 0 Å². The van der Waals surface area contributed by atoms with E-state index >= 15 is 0 Å². The van der Waals surface area contributed by atoms with E-state index in [1.165, 1.54) is 30.4 Å². The van der Waals surface area contributed by atoms with Gasteiger partial charge < -0.3 is 9.84 Å². The molecule has 0 radical (unpaired) electrons. The molecule has 1 aliphatic carbocycles. The highest BCUT2D eigenvalue weighted by molar-refractivity contribution is 5.27. The van der Waals surface area contributed by atoms with Crippen LogP contribution in [0.4, 0.5) is 0 Å². The van der Waals surface area contributed by atoms with Crippen LogP contribution in [0.1, 0.15) is 60.3 Å². The Bertz CT molecular complexity index is 488. The number of fused-ring (bicyclic) bond motifs is 5. The lowest BCUT2D eigenvalue weighted by Gasteiger charge is -2.40. The van der Waals surface area contributed by atoms with Crippen molar-refractivity contribution in [3.05, 3.63) is 23.3 Å². The Balaban J connectivity index is 1.74. The fraction of sp³-hybridized carbons (Fsp3) is 0.800. The van der Waals surface area contributed by atoms with Crippen LogP contribution in [0.15, 0.2) is 23.3 Å². The molecular weight excluding hydrogens is 272 g/mol. The third kappa shape index (κ3) is 2.59. The average molecular weight is 304 g/mol. The number of ether oxygens (including phenoxy) is 1. The molecule has 0 aromatic rings. The van der Waals surface area contributed by atoms with Gasteiger partial charge in [0.05, 0.1) is 17.8 Å². The molecule has 7 atom stereocenters. The molecule has 0 aromatic heterocycles. The maximum absolute atomic E-state index is 10.4. The Kier molecular flexibility index (Phi) is 4.28. The van der Waals surface area contributed by atoms with Crippen LogP contribution >= 0.6 is 0 Å². The number of allylic oxidation sites excluding steroid dienone is 2. The molecule has 3 rings (SSSR count). The van der Waals surface area contributed by atoms with Crippen molar-refractivity contribution < 1.29 is 9.84 Å². The van der Waals surface area contributed by atoms with E-state index in [2.05, 4.69) is 46.8 Å². The van der Waals surface area contributed by atoms with Gasteiger partial charge in [0, 0.05) is 11.8 Å². The largest absolute Gasteiger partial charge is 0.389 e. The van der Waals surface area contributed by atoms with E-state index in [1.54, 1.807) is 0 Å². The highest BCUT2D eigenvalue weighted by Gasteiger charge is 2.61. The number of rotatable bonds is 4.